The van der Waals surface area contributed by atoms with Gasteiger partial charge in [-0.05, 0) is 17.5 Å². The highest BCUT2D eigenvalue weighted by Gasteiger charge is 2.35. The minimum atomic E-state index is -4.72. The van der Waals surface area contributed by atoms with Crippen molar-refractivity contribution in [3.63, 3.8) is 0 Å². The van der Waals surface area contributed by atoms with Crippen molar-refractivity contribution < 1.29 is 27.4 Å². The predicted octanol–water partition coefficient (Wildman–Crippen LogP) is 2.72. The lowest BCUT2D eigenvalue weighted by Crippen LogP contribution is -2.28. The molecule has 1 aromatic heterocycles. The molecule has 0 radical (unpaired) electrons. The van der Waals surface area contributed by atoms with Crippen LogP contribution in [0.5, 0.6) is 0 Å². The SMILES string of the molecule is CC(C)COC(=O)COCC(C)c1cc(C(F)(F)F)c(=O)n(C)c1. The molecule has 0 saturated heterocycles. The minimum absolute atomic E-state index is 0.0340. The molecule has 136 valence electrons. The molecule has 1 rings (SSSR count). The van der Waals surface area contributed by atoms with Gasteiger partial charge in [-0.15, -0.1) is 0 Å². The van der Waals surface area contributed by atoms with Crippen molar-refractivity contribution in [3.8, 4) is 0 Å². The van der Waals surface area contributed by atoms with Gasteiger partial charge in [-0.1, -0.05) is 20.8 Å². The van der Waals surface area contributed by atoms with Crippen LogP contribution in [0.2, 0.25) is 0 Å². The average molecular weight is 349 g/mol. The first-order valence-electron chi connectivity index (χ1n) is 7.53. The lowest BCUT2D eigenvalue weighted by molar-refractivity contribution is -0.150. The number of esters is 1. The van der Waals surface area contributed by atoms with E-state index < -0.39 is 29.2 Å². The Morgan fingerprint density at radius 2 is 1.88 bits per heavy atom. The highest BCUT2D eigenvalue weighted by Crippen LogP contribution is 2.28. The van der Waals surface area contributed by atoms with E-state index >= 15 is 0 Å². The number of aryl methyl sites for hydroxylation is 1. The molecule has 0 amide bonds. The summed E-state index contributed by atoms with van der Waals surface area (Å²) >= 11 is 0. The molecule has 0 bridgehead atoms. The maximum absolute atomic E-state index is 12.9. The molecule has 0 fully saturated rings. The number of hydrogen-bond acceptors (Lipinski definition) is 4. The lowest BCUT2D eigenvalue weighted by Gasteiger charge is -2.16. The number of ether oxygens (including phenoxy) is 2. The van der Waals surface area contributed by atoms with E-state index in [4.69, 9.17) is 9.47 Å². The number of nitrogens with zero attached hydrogens (tertiary/aromatic N) is 1. The molecule has 24 heavy (non-hydrogen) atoms. The Morgan fingerprint density at radius 1 is 1.25 bits per heavy atom. The molecule has 0 aromatic carbocycles. The van der Waals surface area contributed by atoms with Crippen LogP contribution in [0.1, 0.15) is 37.8 Å². The van der Waals surface area contributed by atoms with Gasteiger partial charge in [-0.3, -0.25) is 4.79 Å². The van der Waals surface area contributed by atoms with Gasteiger partial charge in [0.2, 0.25) is 0 Å². The normalized spacial score (nSPS) is 13.2. The van der Waals surface area contributed by atoms with Crippen molar-refractivity contribution in [2.75, 3.05) is 19.8 Å². The van der Waals surface area contributed by atoms with E-state index in [2.05, 4.69) is 0 Å². The maximum Gasteiger partial charge on any atom is 0.421 e. The van der Waals surface area contributed by atoms with Gasteiger partial charge in [0.1, 0.15) is 12.2 Å². The molecule has 0 saturated carbocycles. The zero-order valence-corrected chi connectivity index (χ0v) is 14.1. The van der Waals surface area contributed by atoms with Crippen molar-refractivity contribution in [1.82, 2.24) is 4.57 Å². The summed E-state index contributed by atoms with van der Waals surface area (Å²) in [5, 5.41) is 0. The molecule has 0 aliphatic rings. The fraction of sp³-hybridized carbons (Fsp3) is 0.625. The van der Waals surface area contributed by atoms with Crippen molar-refractivity contribution in [2.24, 2.45) is 13.0 Å². The number of halogens is 3. The topological polar surface area (TPSA) is 57.5 Å². The number of pyridine rings is 1. The Kier molecular flexibility index (Phi) is 7.01. The lowest BCUT2D eigenvalue weighted by atomic mass is 10.0. The molecular formula is C16H22F3NO4. The molecule has 1 atom stereocenters. The smallest absolute Gasteiger partial charge is 0.421 e. The van der Waals surface area contributed by atoms with E-state index in [0.717, 1.165) is 10.6 Å². The second-order valence-corrected chi connectivity index (χ2v) is 6.09. The fourth-order valence-electron chi connectivity index (χ4n) is 1.93. The summed E-state index contributed by atoms with van der Waals surface area (Å²) in [6.07, 6.45) is -3.38. The highest BCUT2D eigenvalue weighted by molar-refractivity contribution is 5.70. The summed E-state index contributed by atoms with van der Waals surface area (Å²) in [5.41, 5.74) is -2.01. The van der Waals surface area contributed by atoms with E-state index in [0.29, 0.717) is 5.56 Å². The van der Waals surface area contributed by atoms with Crippen molar-refractivity contribution >= 4 is 5.97 Å². The second-order valence-electron chi connectivity index (χ2n) is 6.09. The molecule has 1 unspecified atom stereocenters. The molecule has 5 nitrogen and oxygen atoms in total. The van der Waals surface area contributed by atoms with Gasteiger partial charge in [0.15, 0.2) is 0 Å². The van der Waals surface area contributed by atoms with Crippen LogP contribution in [0.15, 0.2) is 17.1 Å². The molecule has 8 heteroatoms. The molecular weight excluding hydrogens is 327 g/mol. The third kappa shape index (κ3) is 5.99. The van der Waals surface area contributed by atoms with E-state index in [1.165, 1.54) is 13.2 Å². The molecule has 0 aliphatic carbocycles. The summed E-state index contributed by atoms with van der Waals surface area (Å²) < 4.78 is 49.6. The van der Waals surface area contributed by atoms with Gasteiger partial charge >= 0.3 is 12.1 Å². The summed E-state index contributed by atoms with van der Waals surface area (Å²) in [6.45, 7) is 5.50. The van der Waals surface area contributed by atoms with Crippen LogP contribution in [0.3, 0.4) is 0 Å². The van der Waals surface area contributed by atoms with Crippen LogP contribution in [-0.4, -0.2) is 30.4 Å². The van der Waals surface area contributed by atoms with Gasteiger partial charge in [0.25, 0.3) is 5.56 Å². The molecule has 0 aliphatic heterocycles. The first-order chi connectivity index (χ1) is 11.0. The largest absolute Gasteiger partial charge is 0.464 e. The van der Waals surface area contributed by atoms with Crippen molar-refractivity contribution in [1.29, 1.82) is 0 Å². The Morgan fingerprint density at radius 3 is 2.42 bits per heavy atom. The molecule has 0 spiro atoms. The predicted molar refractivity (Wildman–Crippen MR) is 81.7 cm³/mol. The standard InChI is InChI=1S/C16H22F3NO4/c1-10(2)7-24-14(21)9-23-8-11(3)12-5-13(16(17,18)19)15(22)20(4)6-12/h5-6,10-11H,7-9H2,1-4H3. The van der Waals surface area contributed by atoms with Gasteiger partial charge in [-0.25, -0.2) is 4.79 Å². The van der Waals surface area contributed by atoms with Gasteiger partial charge in [0.05, 0.1) is 13.2 Å². The summed E-state index contributed by atoms with van der Waals surface area (Å²) in [4.78, 5) is 23.0. The Hall–Kier alpha value is -1.83. The third-order valence-corrected chi connectivity index (χ3v) is 3.24. The van der Waals surface area contributed by atoms with Crippen LogP contribution in [0, 0.1) is 5.92 Å². The Bertz CT molecular complexity index is 623. The van der Waals surface area contributed by atoms with E-state index in [1.807, 2.05) is 13.8 Å². The van der Waals surface area contributed by atoms with Gasteiger partial charge < -0.3 is 14.0 Å². The second kappa shape index (κ2) is 8.32. The van der Waals surface area contributed by atoms with Crippen LogP contribution in [0.4, 0.5) is 13.2 Å². The minimum Gasteiger partial charge on any atom is -0.464 e. The first-order valence-corrected chi connectivity index (χ1v) is 7.53. The van der Waals surface area contributed by atoms with Crippen LogP contribution in [0.25, 0.3) is 0 Å². The molecule has 1 heterocycles. The Balaban J connectivity index is 2.69. The zero-order valence-electron chi connectivity index (χ0n) is 14.1. The van der Waals surface area contributed by atoms with Gasteiger partial charge in [0, 0.05) is 19.2 Å². The van der Waals surface area contributed by atoms with Crippen molar-refractivity contribution in [3.05, 3.63) is 33.7 Å². The number of alkyl halides is 3. The highest BCUT2D eigenvalue weighted by atomic mass is 19.4. The zero-order chi connectivity index (χ0) is 18.5. The van der Waals surface area contributed by atoms with Crippen molar-refractivity contribution in [2.45, 2.75) is 32.9 Å². The number of hydrogen-bond donors (Lipinski definition) is 0. The summed E-state index contributed by atoms with van der Waals surface area (Å²) in [7, 11) is 1.26. The Labute approximate surface area is 138 Å². The third-order valence-electron chi connectivity index (χ3n) is 3.24. The van der Waals surface area contributed by atoms with Gasteiger partial charge in [-0.2, -0.15) is 13.2 Å². The van der Waals surface area contributed by atoms with E-state index in [-0.39, 0.29) is 25.7 Å². The maximum atomic E-state index is 12.9. The monoisotopic (exact) mass is 349 g/mol. The van der Waals surface area contributed by atoms with Crippen LogP contribution in [-0.2, 0) is 27.5 Å². The molecule has 0 N–H and O–H groups in total. The van der Waals surface area contributed by atoms with Crippen LogP contribution >= 0.6 is 0 Å². The van der Waals surface area contributed by atoms with E-state index in [1.54, 1.807) is 6.92 Å². The van der Waals surface area contributed by atoms with E-state index in [9.17, 15) is 22.8 Å². The summed E-state index contributed by atoms with van der Waals surface area (Å²) in [6, 6.07) is 0.827. The average Bonchev–Trinajstić information content (AvgIpc) is 2.46. The fourth-order valence-corrected chi connectivity index (χ4v) is 1.93. The first kappa shape index (κ1) is 20.2. The van der Waals surface area contributed by atoms with Crippen LogP contribution < -0.4 is 5.56 Å². The number of rotatable bonds is 7. The number of carbonyl (C=O) groups excluding carboxylic acids is 1. The molecule has 1 aromatic rings. The number of carbonyl (C=O) groups is 1. The number of aromatic nitrogens is 1. The summed E-state index contributed by atoms with van der Waals surface area (Å²) in [5.74, 6) is -0.734. The quantitative estimate of drug-likeness (QED) is 0.710.